The molecule has 0 aromatic rings. The topological polar surface area (TPSA) is 47.9 Å². The van der Waals surface area contributed by atoms with Crippen molar-refractivity contribution < 1.29 is 19.3 Å². The Labute approximate surface area is 91.1 Å². The lowest BCUT2D eigenvalue weighted by Gasteiger charge is -2.36. The summed E-state index contributed by atoms with van der Waals surface area (Å²) in [6, 6.07) is 0. The van der Waals surface area contributed by atoms with E-state index >= 15 is 0 Å². The van der Waals surface area contributed by atoms with Crippen LogP contribution in [0.1, 0.15) is 13.8 Å². The molecule has 15 heavy (non-hydrogen) atoms. The Bertz CT molecular complexity index is 197. The van der Waals surface area contributed by atoms with Crippen molar-refractivity contribution in [1.82, 2.24) is 0 Å². The van der Waals surface area contributed by atoms with E-state index in [0.717, 1.165) is 6.61 Å². The van der Waals surface area contributed by atoms with Gasteiger partial charge >= 0.3 is 0 Å². The van der Waals surface area contributed by atoms with Crippen LogP contribution in [-0.4, -0.2) is 37.1 Å². The molecule has 4 nitrogen and oxygen atoms in total. The quantitative estimate of drug-likeness (QED) is 0.707. The second-order valence-electron chi connectivity index (χ2n) is 3.00. The molecule has 0 aliphatic carbocycles. The number of ether oxygens (including phenoxy) is 3. The van der Waals surface area contributed by atoms with Crippen molar-refractivity contribution in [2.75, 3.05) is 26.4 Å². The van der Waals surface area contributed by atoms with Crippen LogP contribution >= 0.6 is 0 Å². The maximum atomic E-state index is 9.46. The molecule has 0 atom stereocenters. The summed E-state index contributed by atoms with van der Waals surface area (Å²) in [5.74, 6) is 0.418. The van der Waals surface area contributed by atoms with Crippen molar-refractivity contribution >= 4 is 0 Å². The zero-order valence-corrected chi connectivity index (χ0v) is 9.49. The zero-order chi connectivity index (χ0) is 11.7. The first-order valence-electron chi connectivity index (χ1n) is 4.95. The predicted octanol–water partition coefficient (Wildman–Crippen LogP) is 1.46. The van der Waals surface area contributed by atoms with E-state index in [1.54, 1.807) is 0 Å². The molecule has 0 amide bonds. The number of hydrogen-bond donors (Lipinski definition) is 1. The predicted molar refractivity (Wildman–Crippen MR) is 58.4 cm³/mol. The van der Waals surface area contributed by atoms with E-state index in [2.05, 4.69) is 17.9 Å². The summed E-state index contributed by atoms with van der Waals surface area (Å²) in [6.45, 7) is 12.6. The molecule has 0 saturated carbocycles. The third kappa shape index (κ3) is 4.85. The second-order valence-corrected chi connectivity index (χ2v) is 3.00. The van der Waals surface area contributed by atoms with Gasteiger partial charge < -0.3 is 19.3 Å². The van der Waals surface area contributed by atoms with Gasteiger partial charge in [-0.15, -0.1) is 0 Å². The molecule has 1 saturated heterocycles. The van der Waals surface area contributed by atoms with Gasteiger partial charge in [-0.05, 0) is 13.8 Å². The smallest absolute Gasteiger partial charge is 0.167 e. The Kier molecular flexibility index (Phi) is 6.83. The molecular weight excluding hydrogens is 196 g/mol. The normalized spacial score (nSPS) is 16.5. The van der Waals surface area contributed by atoms with Crippen molar-refractivity contribution in [3.63, 3.8) is 0 Å². The number of aliphatic hydroxyl groups is 1. The molecule has 0 spiro atoms. The lowest BCUT2D eigenvalue weighted by atomic mass is 10.0. The summed E-state index contributed by atoms with van der Waals surface area (Å²) in [5.41, 5.74) is -0.907. The molecule has 4 heteroatoms. The summed E-state index contributed by atoms with van der Waals surface area (Å²) >= 11 is 0. The summed E-state index contributed by atoms with van der Waals surface area (Å²) in [5, 5.41) is 9.46. The van der Waals surface area contributed by atoms with E-state index in [9.17, 15) is 5.11 Å². The Morgan fingerprint density at radius 3 is 2.27 bits per heavy atom. The van der Waals surface area contributed by atoms with Gasteiger partial charge in [-0.1, -0.05) is 13.2 Å². The van der Waals surface area contributed by atoms with Gasteiger partial charge in [0, 0.05) is 0 Å². The minimum Gasteiger partial charge on any atom is -0.502 e. The maximum Gasteiger partial charge on any atom is 0.167 e. The van der Waals surface area contributed by atoms with Crippen molar-refractivity contribution in [2.45, 2.75) is 19.4 Å². The highest BCUT2D eigenvalue weighted by molar-refractivity contribution is 5.09. The van der Waals surface area contributed by atoms with Crippen molar-refractivity contribution in [3.8, 4) is 0 Å². The third-order valence-corrected chi connectivity index (χ3v) is 1.80. The average molecular weight is 216 g/mol. The molecule has 1 aliphatic heterocycles. The Morgan fingerprint density at radius 2 is 2.07 bits per heavy atom. The lowest BCUT2D eigenvalue weighted by molar-refractivity contribution is -0.175. The van der Waals surface area contributed by atoms with E-state index in [1.807, 2.05) is 13.8 Å². The van der Waals surface area contributed by atoms with Crippen LogP contribution < -0.4 is 0 Å². The lowest BCUT2D eigenvalue weighted by Crippen LogP contribution is -2.51. The van der Waals surface area contributed by atoms with Gasteiger partial charge in [-0.2, -0.15) is 0 Å². The van der Waals surface area contributed by atoms with Crippen LogP contribution in [-0.2, 0) is 14.2 Å². The highest BCUT2D eigenvalue weighted by atomic mass is 16.6. The average Bonchev–Trinajstić information content (AvgIpc) is 2.17. The molecule has 0 unspecified atom stereocenters. The Hall–Kier alpha value is -1.00. The van der Waals surface area contributed by atoms with Gasteiger partial charge in [-0.3, -0.25) is 0 Å². The van der Waals surface area contributed by atoms with Gasteiger partial charge in [0.1, 0.15) is 5.76 Å². The number of rotatable bonds is 5. The highest BCUT2D eigenvalue weighted by Crippen LogP contribution is 2.24. The largest absolute Gasteiger partial charge is 0.502 e. The standard InChI is InChI=1S/C7H12O3.C4H8O/c1-3-10-6(2)7(8)4-9-5-7;1-3-5-4-2/h8H,2-5H2,1H3;3H,1,4H2,2H3. The molecule has 0 aromatic carbocycles. The van der Waals surface area contributed by atoms with E-state index in [0.29, 0.717) is 25.6 Å². The Balaban J connectivity index is 0.000000336. The maximum absolute atomic E-state index is 9.46. The molecule has 1 rings (SSSR count). The fraction of sp³-hybridized carbons (Fsp3) is 0.636. The van der Waals surface area contributed by atoms with Crippen molar-refractivity contribution in [3.05, 3.63) is 25.2 Å². The summed E-state index contributed by atoms with van der Waals surface area (Å²) in [6.07, 6.45) is 1.43. The van der Waals surface area contributed by atoms with Gasteiger partial charge in [0.05, 0.1) is 32.7 Å². The summed E-state index contributed by atoms with van der Waals surface area (Å²) < 4.78 is 14.4. The molecule has 1 heterocycles. The summed E-state index contributed by atoms with van der Waals surface area (Å²) in [7, 11) is 0. The molecule has 0 aromatic heterocycles. The molecule has 0 bridgehead atoms. The third-order valence-electron chi connectivity index (χ3n) is 1.80. The molecular formula is C11H20O4. The van der Waals surface area contributed by atoms with Crippen molar-refractivity contribution in [1.29, 1.82) is 0 Å². The molecule has 0 radical (unpaired) electrons. The van der Waals surface area contributed by atoms with Gasteiger partial charge in [0.2, 0.25) is 0 Å². The molecule has 1 aliphatic rings. The second kappa shape index (κ2) is 7.31. The molecule has 1 fully saturated rings. The van der Waals surface area contributed by atoms with E-state index in [1.165, 1.54) is 6.26 Å². The van der Waals surface area contributed by atoms with Gasteiger partial charge in [0.15, 0.2) is 5.60 Å². The zero-order valence-electron chi connectivity index (χ0n) is 9.49. The first-order chi connectivity index (χ1) is 7.10. The summed E-state index contributed by atoms with van der Waals surface area (Å²) in [4.78, 5) is 0. The van der Waals surface area contributed by atoms with Crippen LogP contribution in [0.3, 0.4) is 0 Å². The van der Waals surface area contributed by atoms with E-state index in [-0.39, 0.29) is 0 Å². The minimum atomic E-state index is -0.907. The Morgan fingerprint density at radius 1 is 1.47 bits per heavy atom. The number of hydrogen-bond acceptors (Lipinski definition) is 4. The molecule has 88 valence electrons. The van der Waals surface area contributed by atoms with E-state index in [4.69, 9.17) is 9.47 Å². The van der Waals surface area contributed by atoms with E-state index < -0.39 is 5.60 Å². The van der Waals surface area contributed by atoms with Crippen LogP contribution in [0, 0.1) is 0 Å². The fourth-order valence-electron chi connectivity index (χ4n) is 0.883. The van der Waals surface area contributed by atoms with Crippen molar-refractivity contribution in [2.24, 2.45) is 0 Å². The van der Waals surface area contributed by atoms with Crippen LogP contribution in [0.25, 0.3) is 0 Å². The van der Waals surface area contributed by atoms with Crippen LogP contribution in [0.4, 0.5) is 0 Å². The SMILES string of the molecule is C=C(OCC)C1(O)COC1.C=COCC. The van der Waals surface area contributed by atoms with Crippen LogP contribution in [0.15, 0.2) is 25.2 Å². The van der Waals surface area contributed by atoms with Gasteiger partial charge in [0.25, 0.3) is 0 Å². The fourth-order valence-corrected chi connectivity index (χ4v) is 0.883. The highest BCUT2D eigenvalue weighted by Gasteiger charge is 2.40. The van der Waals surface area contributed by atoms with Crippen LogP contribution in [0.5, 0.6) is 0 Å². The monoisotopic (exact) mass is 216 g/mol. The van der Waals surface area contributed by atoms with Crippen LogP contribution in [0.2, 0.25) is 0 Å². The first-order valence-corrected chi connectivity index (χ1v) is 4.95. The molecule has 1 N–H and O–H groups in total. The van der Waals surface area contributed by atoms with Gasteiger partial charge in [-0.25, -0.2) is 0 Å². The minimum absolute atomic E-state index is 0.311. The first kappa shape index (κ1) is 14.0.